The Hall–Kier alpha value is -2.40. The molecule has 1 saturated heterocycles. The van der Waals surface area contributed by atoms with Crippen LogP contribution in [0.4, 0.5) is 5.82 Å². The number of carbonyl (C=O) groups excluding carboxylic acids is 2. The van der Waals surface area contributed by atoms with Crippen molar-refractivity contribution in [1.82, 2.24) is 20.2 Å². The summed E-state index contributed by atoms with van der Waals surface area (Å²) in [5, 5.41) is 6.22. The number of anilines is 1. The van der Waals surface area contributed by atoms with Gasteiger partial charge in [0.25, 0.3) is 5.91 Å². The molecule has 1 saturated carbocycles. The first-order valence-corrected chi connectivity index (χ1v) is 14.3. The van der Waals surface area contributed by atoms with Crippen molar-refractivity contribution >= 4 is 25.7 Å². The number of rotatable bonds is 4. The number of amides is 2. The molecule has 1 aliphatic heterocycles. The number of nitrogens with zero attached hydrogens (tertiary/aromatic N) is 3. The second kappa shape index (κ2) is 8.76. The quantitative estimate of drug-likeness (QED) is 0.570. The average Bonchev–Trinajstić information content (AvgIpc) is 3.19. The van der Waals surface area contributed by atoms with Crippen LogP contribution in [-0.2, 0) is 4.79 Å². The lowest BCUT2D eigenvalue weighted by Crippen LogP contribution is -2.63. The van der Waals surface area contributed by atoms with Crippen LogP contribution in [0.25, 0.3) is 0 Å². The molecule has 2 N–H and O–H groups in total. The van der Waals surface area contributed by atoms with E-state index in [2.05, 4.69) is 51.7 Å². The largest absolute Gasteiger partial charge is 0.367 e. The van der Waals surface area contributed by atoms with Gasteiger partial charge in [0.1, 0.15) is 19.3 Å². The minimum Gasteiger partial charge on any atom is -0.367 e. The van der Waals surface area contributed by atoms with E-state index < -0.39 is 13.6 Å². The smallest absolute Gasteiger partial charge is 0.275 e. The van der Waals surface area contributed by atoms with Gasteiger partial charge in [-0.2, -0.15) is 0 Å². The van der Waals surface area contributed by atoms with Crippen LogP contribution in [0.1, 0.15) is 55.7 Å². The summed E-state index contributed by atoms with van der Waals surface area (Å²) in [6.45, 7) is 11.7. The highest BCUT2D eigenvalue weighted by molar-refractivity contribution is 6.83. The third-order valence-electron chi connectivity index (χ3n) is 5.68. The third-order valence-corrected chi connectivity index (χ3v) is 6.55. The minimum absolute atomic E-state index is 0.163. The van der Waals surface area contributed by atoms with Crippen LogP contribution in [0.3, 0.4) is 0 Å². The Morgan fingerprint density at radius 3 is 2.70 bits per heavy atom. The van der Waals surface area contributed by atoms with Gasteiger partial charge in [-0.1, -0.05) is 38.4 Å². The number of carbonyl (C=O) groups is 2. The van der Waals surface area contributed by atoms with Crippen LogP contribution >= 0.6 is 0 Å². The molecule has 0 unspecified atom stereocenters. The van der Waals surface area contributed by atoms with Crippen molar-refractivity contribution in [2.45, 2.75) is 64.7 Å². The van der Waals surface area contributed by atoms with Crippen molar-refractivity contribution in [2.24, 2.45) is 5.92 Å². The molecule has 2 heterocycles. The zero-order valence-electron chi connectivity index (χ0n) is 18.8. The summed E-state index contributed by atoms with van der Waals surface area (Å²) >= 11 is 0. The van der Waals surface area contributed by atoms with Gasteiger partial charge >= 0.3 is 0 Å². The van der Waals surface area contributed by atoms with Crippen molar-refractivity contribution < 1.29 is 9.59 Å². The Morgan fingerprint density at radius 1 is 1.33 bits per heavy atom. The van der Waals surface area contributed by atoms with E-state index in [0.29, 0.717) is 30.5 Å². The Balaban J connectivity index is 1.88. The van der Waals surface area contributed by atoms with E-state index in [9.17, 15) is 9.59 Å². The van der Waals surface area contributed by atoms with Crippen LogP contribution in [0, 0.1) is 17.4 Å². The Bertz CT molecular complexity index is 876. The highest BCUT2D eigenvalue weighted by atomic mass is 28.3. The standard InChI is InChI=1S/C22H33N5O2Si/c1-22(2)21(29)23-11-12-27(22)20(28)18-15-25-19(24-14-16-8-6-7-9-16)17(26-18)10-13-30(3,4)5/h15-16H,6-9,11-12,14H2,1-5H3,(H,23,29)(H,24,25). The van der Waals surface area contributed by atoms with Crippen LogP contribution in [0.5, 0.6) is 0 Å². The van der Waals surface area contributed by atoms with Gasteiger partial charge in [-0.15, -0.1) is 5.54 Å². The first kappa shape index (κ1) is 22.3. The molecule has 2 fully saturated rings. The Labute approximate surface area is 180 Å². The SMILES string of the molecule is CC1(C)C(=O)NCCN1C(=O)c1cnc(NCC2CCCC2)c(C#C[Si](C)(C)C)n1. The maximum Gasteiger partial charge on any atom is 0.275 e. The number of piperazine rings is 1. The lowest BCUT2D eigenvalue weighted by molar-refractivity contribution is -0.133. The second-order valence-corrected chi connectivity index (χ2v) is 14.5. The van der Waals surface area contributed by atoms with Crippen molar-refractivity contribution in [3.63, 3.8) is 0 Å². The fraction of sp³-hybridized carbons (Fsp3) is 0.636. The molecule has 7 nitrogen and oxygen atoms in total. The van der Waals surface area contributed by atoms with Gasteiger partial charge in [0.2, 0.25) is 5.91 Å². The Kier molecular flexibility index (Phi) is 6.51. The molecule has 1 aromatic rings. The lowest BCUT2D eigenvalue weighted by Gasteiger charge is -2.40. The van der Waals surface area contributed by atoms with E-state index in [-0.39, 0.29) is 17.5 Å². The molecule has 3 rings (SSSR count). The van der Waals surface area contributed by atoms with Gasteiger partial charge < -0.3 is 15.5 Å². The van der Waals surface area contributed by atoms with Crippen LogP contribution in [0.15, 0.2) is 6.20 Å². The predicted octanol–water partition coefficient (Wildman–Crippen LogP) is 2.66. The molecule has 1 aromatic heterocycles. The molecule has 8 heteroatoms. The predicted molar refractivity (Wildman–Crippen MR) is 121 cm³/mol. The Morgan fingerprint density at radius 2 is 2.03 bits per heavy atom. The van der Waals surface area contributed by atoms with Gasteiger partial charge in [-0.05, 0) is 32.6 Å². The molecule has 2 aliphatic rings. The summed E-state index contributed by atoms with van der Waals surface area (Å²) in [6.07, 6.45) is 6.54. The number of aromatic nitrogens is 2. The maximum atomic E-state index is 13.2. The molecule has 0 bridgehead atoms. The van der Waals surface area contributed by atoms with E-state index in [0.717, 1.165) is 6.54 Å². The minimum atomic E-state index is -1.63. The molecule has 30 heavy (non-hydrogen) atoms. The summed E-state index contributed by atoms with van der Waals surface area (Å²) in [4.78, 5) is 36.1. The fourth-order valence-electron chi connectivity index (χ4n) is 3.80. The van der Waals surface area contributed by atoms with Crippen LogP contribution in [0.2, 0.25) is 19.6 Å². The van der Waals surface area contributed by atoms with E-state index >= 15 is 0 Å². The number of hydrogen-bond donors (Lipinski definition) is 2. The molecule has 0 atom stereocenters. The summed E-state index contributed by atoms with van der Waals surface area (Å²) in [5.41, 5.74) is 3.14. The molecular formula is C22H33N5O2Si. The third kappa shape index (κ3) is 5.20. The first-order valence-electron chi connectivity index (χ1n) is 10.8. The maximum absolute atomic E-state index is 13.2. The molecule has 162 valence electrons. The molecule has 0 spiro atoms. The van der Waals surface area contributed by atoms with Gasteiger partial charge in [-0.3, -0.25) is 9.59 Å². The van der Waals surface area contributed by atoms with Crippen molar-refractivity contribution in [3.8, 4) is 11.5 Å². The number of hydrogen-bond acceptors (Lipinski definition) is 5. The highest BCUT2D eigenvalue weighted by Gasteiger charge is 2.41. The zero-order chi connectivity index (χ0) is 21.9. The lowest BCUT2D eigenvalue weighted by atomic mass is 9.98. The second-order valence-electron chi connectivity index (χ2n) is 9.76. The fourth-order valence-corrected chi connectivity index (χ4v) is 4.30. The molecular weight excluding hydrogens is 394 g/mol. The van der Waals surface area contributed by atoms with E-state index in [1.54, 1.807) is 18.7 Å². The van der Waals surface area contributed by atoms with Crippen molar-refractivity contribution in [2.75, 3.05) is 25.0 Å². The average molecular weight is 428 g/mol. The molecule has 0 aromatic carbocycles. The van der Waals surface area contributed by atoms with Crippen LogP contribution in [-0.4, -0.2) is 59.9 Å². The molecule has 2 amide bonds. The number of nitrogens with one attached hydrogen (secondary N) is 2. The van der Waals surface area contributed by atoms with Gasteiger partial charge in [0, 0.05) is 19.6 Å². The van der Waals surface area contributed by atoms with E-state index in [4.69, 9.17) is 0 Å². The summed E-state index contributed by atoms with van der Waals surface area (Å²) in [5.74, 6) is 4.02. The summed E-state index contributed by atoms with van der Waals surface area (Å²) in [6, 6.07) is 0. The first-order chi connectivity index (χ1) is 14.1. The van der Waals surface area contributed by atoms with Gasteiger partial charge in [-0.25, -0.2) is 9.97 Å². The normalized spacial score (nSPS) is 19.1. The zero-order valence-corrected chi connectivity index (χ0v) is 19.8. The molecule has 1 aliphatic carbocycles. The monoisotopic (exact) mass is 427 g/mol. The van der Waals surface area contributed by atoms with Crippen LogP contribution < -0.4 is 10.6 Å². The summed E-state index contributed by atoms with van der Waals surface area (Å²) in [7, 11) is -1.63. The summed E-state index contributed by atoms with van der Waals surface area (Å²) < 4.78 is 0. The van der Waals surface area contributed by atoms with Crippen molar-refractivity contribution in [1.29, 1.82) is 0 Å². The highest BCUT2D eigenvalue weighted by Crippen LogP contribution is 2.25. The van der Waals surface area contributed by atoms with Gasteiger partial charge in [0.05, 0.1) is 6.20 Å². The van der Waals surface area contributed by atoms with Crippen molar-refractivity contribution in [3.05, 3.63) is 17.6 Å². The van der Waals surface area contributed by atoms with Gasteiger partial charge in [0.15, 0.2) is 11.5 Å². The molecule has 0 radical (unpaired) electrons. The van der Waals surface area contributed by atoms with E-state index in [1.807, 2.05) is 0 Å². The van der Waals surface area contributed by atoms with E-state index in [1.165, 1.54) is 31.9 Å². The topological polar surface area (TPSA) is 87.2 Å².